The molecule has 4 saturated carbocycles. The van der Waals surface area contributed by atoms with Crippen LogP contribution in [-0.2, 0) is 16.1 Å². The van der Waals surface area contributed by atoms with E-state index in [1.807, 2.05) is 17.0 Å². The van der Waals surface area contributed by atoms with Gasteiger partial charge in [0.1, 0.15) is 6.04 Å². The lowest BCUT2D eigenvalue weighted by Gasteiger charge is -2.56. The molecule has 1 atom stereocenters. The minimum atomic E-state index is -0.233. The Morgan fingerprint density at radius 2 is 1.53 bits per heavy atom. The van der Waals surface area contributed by atoms with Crippen LogP contribution < -0.4 is 0 Å². The highest BCUT2D eigenvalue weighted by Crippen LogP contribution is 2.60. The van der Waals surface area contributed by atoms with Crippen molar-refractivity contribution in [2.75, 3.05) is 32.7 Å². The predicted molar refractivity (Wildman–Crippen MR) is 133 cm³/mol. The van der Waals surface area contributed by atoms with Crippen molar-refractivity contribution in [1.82, 2.24) is 14.7 Å². The SMILES string of the molecule is O=C(C1CCCN1C(=O)C12CC3CC(CC(C3)C1)C2)N1CCCN(Cc2ccc(Cl)cc2)CC1. The van der Waals surface area contributed by atoms with Gasteiger partial charge in [-0.05, 0) is 93.2 Å². The molecule has 2 aliphatic heterocycles. The van der Waals surface area contributed by atoms with Gasteiger partial charge in [0.25, 0.3) is 0 Å². The Morgan fingerprint density at radius 1 is 0.853 bits per heavy atom. The van der Waals surface area contributed by atoms with E-state index in [0.717, 1.165) is 101 Å². The highest BCUT2D eigenvalue weighted by Gasteiger charge is 2.57. The van der Waals surface area contributed by atoms with Crippen molar-refractivity contribution in [3.05, 3.63) is 34.9 Å². The van der Waals surface area contributed by atoms with Gasteiger partial charge in [0.2, 0.25) is 11.8 Å². The van der Waals surface area contributed by atoms with Gasteiger partial charge in [0.05, 0.1) is 5.41 Å². The van der Waals surface area contributed by atoms with Gasteiger partial charge in [-0.15, -0.1) is 0 Å². The van der Waals surface area contributed by atoms with Gasteiger partial charge in [-0.3, -0.25) is 14.5 Å². The molecule has 2 amide bonds. The zero-order valence-electron chi connectivity index (χ0n) is 20.3. The quantitative estimate of drug-likeness (QED) is 0.629. The Hall–Kier alpha value is -1.59. The summed E-state index contributed by atoms with van der Waals surface area (Å²) in [5, 5.41) is 0.764. The smallest absolute Gasteiger partial charge is 0.245 e. The molecule has 1 aromatic carbocycles. The fraction of sp³-hybridized carbons (Fsp3) is 0.714. The summed E-state index contributed by atoms with van der Waals surface area (Å²) in [6, 6.07) is 7.83. The molecular formula is C28H38ClN3O2. The second-order valence-electron chi connectivity index (χ2n) is 11.9. The van der Waals surface area contributed by atoms with Gasteiger partial charge in [-0.25, -0.2) is 0 Å². The fourth-order valence-electron chi connectivity index (χ4n) is 8.35. The van der Waals surface area contributed by atoms with Crippen LogP contribution in [0.1, 0.15) is 63.4 Å². The number of rotatable bonds is 4. The van der Waals surface area contributed by atoms with Crippen LogP contribution in [0.5, 0.6) is 0 Å². The van der Waals surface area contributed by atoms with Crippen LogP contribution >= 0.6 is 11.6 Å². The zero-order valence-corrected chi connectivity index (χ0v) is 21.0. The van der Waals surface area contributed by atoms with Gasteiger partial charge in [-0.2, -0.15) is 0 Å². The maximum atomic E-state index is 14.0. The van der Waals surface area contributed by atoms with Crippen LogP contribution in [-0.4, -0.2) is 65.3 Å². The molecule has 6 heteroatoms. The summed E-state index contributed by atoms with van der Waals surface area (Å²) in [6.45, 7) is 5.08. The van der Waals surface area contributed by atoms with E-state index in [9.17, 15) is 9.59 Å². The number of halogens is 1. The third kappa shape index (κ3) is 4.28. The molecule has 4 bridgehead atoms. The largest absolute Gasteiger partial charge is 0.340 e. The van der Waals surface area contributed by atoms with E-state index < -0.39 is 0 Å². The molecule has 0 aromatic heterocycles. The maximum absolute atomic E-state index is 14.0. The molecule has 184 valence electrons. The van der Waals surface area contributed by atoms with Crippen LogP contribution in [0.15, 0.2) is 24.3 Å². The number of hydrogen-bond donors (Lipinski definition) is 0. The van der Waals surface area contributed by atoms with E-state index in [1.165, 1.54) is 24.8 Å². The molecule has 34 heavy (non-hydrogen) atoms. The van der Waals surface area contributed by atoms with Gasteiger partial charge in [-0.1, -0.05) is 23.7 Å². The minimum Gasteiger partial charge on any atom is -0.340 e. The first-order valence-corrected chi connectivity index (χ1v) is 13.9. The molecule has 2 heterocycles. The number of carbonyl (C=O) groups is 2. The second kappa shape index (κ2) is 9.13. The first-order chi connectivity index (χ1) is 16.5. The van der Waals surface area contributed by atoms with Crippen molar-refractivity contribution < 1.29 is 9.59 Å². The molecule has 1 aromatic rings. The van der Waals surface area contributed by atoms with Crippen LogP contribution in [0.2, 0.25) is 5.02 Å². The second-order valence-corrected chi connectivity index (χ2v) is 12.4. The molecule has 6 fully saturated rings. The van der Waals surface area contributed by atoms with Crippen molar-refractivity contribution in [1.29, 1.82) is 0 Å². The van der Waals surface area contributed by atoms with Gasteiger partial charge < -0.3 is 9.80 Å². The Bertz CT molecular complexity index is 897. The summed E-state index contributed by atoms with van der Waals surface area (Å²) in [6.07, 6.45) is 10.1. The van der Waals surface area contributed by atoms with Gasteiger partial charge in [0, 0.05) is 44.3 Å². The van der Waals surface area contributed by atoms with E-state index in [0.29, 0.717) is 5.91 Å². The summed E-state index contributed by atoms with van der Waals surface area (Å²) in [5.74, 6) is 2.79. The number of benzene rings is 1. The lowest BCUT2D eigenvalue weighted by Crippen LogP contribution is -2.57. The highest BCUT2D eigenvalue weighted by atomic mass is 35.5. The first-order valence-electron chi connectivity index (χ1n) is 13.6. The molecule has 1 unspecified atom stereocenters. The molecule has 5 nitrogen and oxygen atoms in total. The molecule has 0 N–H and O–H groups in total. The normalized spacial score (nSPS) is 35.6. The molecular weight excluding hydrogens is 446 g/mol. The van der Waals surface area contributed by atoms with Crippen molar-refractivity contribution in [2.24, 2.45) is 23.2 Å². The standard InChI is InChI=1S/C28H38ClN3O2/c29-24-6-4-20(5-7-24)19-30-8-2-9-31(12-11-30)26(33)25-3-1-10-32(25)27(34)28-16-21-13-22(17-28)15-23(14-21)18-28/h4-7,21-23,25H,1-3,8-19H2. The summed E-state index contributed by atoms with van der Waals surface area (Å²) in [4.78, 5) is 34.2. The fourth-order valence-corrected chi connectivity index (χ4v) is 8.48. The van der Waals surface area contributed by atoms with Crippen molar-refractivity contribution in [3.8, 4) is 0 Å². The van der Waals surface area contributed by atoms with Crippen LogP contribution in [0.25, 0.3) is 0 Å². The first kappa shape index (κ1) is 22.8. The lowest BCUT2D eigenvalue weighted by molar-refractivity contribution is -0.162. The summed E-state index contributed by atoms with van der Waals surface area (Å²) >= 11 is 6.03. The number of nitrogens with zero attached hydrogens (tertiary/aromatic N) is 3. The minimum absolute atomic E-state index is 0.147. The molecule has 4 aliphatic carbocycles. The molecule has 7 rings (SSSR count). The monoisotopic (exact) mass is 483 g/mol. The topological polar surface area (TPSA) is 43.9 Å². The summed E-state index contributed by atoms with van der Waals surface area (Å²) < 4.78 is 0. The number of likely N-dealkylation sites (tertiary alicyclic amines) is 1. The summed E-state index contributed by atoms with van der Waals surface area (Å²) in [5.41, 5.74) is 1.11. The van der Waals surface area contributed by atoms with Crippen molar-refractivity contribution in [3.63, 3.8) is 0 Å². The molecule has 0 radical (unpaired) electrons. The highest BCUT2D eigenvalue weighted by molar-refractivity contribution is 6.30. The Balaban J connectivity index is 1.10. The van der Waals surface area contributed by atoms with Gasteiger partial charge >= 0.3 is 0 Å². The molecule has 0 spiro atoms. The number of carbonyl (C=O) groups excluding carboxylic acids is 2. The molecule has 2 saturated heterocycles. The third-order valence-electron chi connectivity index (χ3n) is 9.51. The average Bonchev–Trinajstić information content (AvgIpc) is 3.18. The van der Waals surface area contributed by atoms with E-state index in [2.05, 4.69) is 21.9 Å². The predicted octanol–water partition coefficient (Wildman–Crippen LogP) is 4.58. The van der Waals surface area contributed by atoms with Crippen LogP contribution in [0.3, 0.4) is 0 Å². The summed E-state index contributed by atoms with van der Waals surface area (Å²) in [7, 11) is 0. The Kier molecular flexibility index (Phi) is 6.13. The van der Waals surface area contributed by atoms with Crippen molar-refractivity contribution >= 4 is 23.4 Å². The van der Waals surface area contributed by atoms with Crippen LogP contribution in [0, 0.1) is 23.2 Å². The van der Waals surface area contributed by atoms with Gasteiger partial charge in [0.15, 0.2) is 0 Å². The number of hydrogen-bond acceptors (Lipinski definition) is 3. The zero-order chi connectivity index (χ0) is 23.3. The number of amides is 2. The average molecular weight is 484 g/mol. The lowest BCUT2D eigenvalue weighted by atomic mass is 9.49. The van der Waals surface area contributed by atoms with E-state index >= 15 is 0 Å². The van der Waals surface area contributed by atoms with Crippen molar-refractivity contribution in [2.45, 2.75) is 70.4 Å². The van der Waals surface area contributed by atoms with E-state index in [4.69, 9.17) is 11.6 Å². The Morgan fingerprint density at radius 3 is 2.21 bits per heavy atom. The van der Waals surface area contributed by atoms with E-state index in [-0.39, 0.29) is 17.4 Å². The third-order valence-corrected chi connectivity index (χ3v) is 9.76. The van der Waals surface area contributed by atoms with E-state index in [1.54, 1.807) is 0 Å². The Labute approximate surface area is 208 Å². The molecule has 6 aliphatic rings. The van der Waals surface area contributed by atoms with Crippen LogP contribution in [0.4, 0.5) is 0 Å². The maximum Gasteiger partial charge on any atom is 0.245 e.